The Morgan fingerprint density at radius 1 is 1.22 bits per heavy atom. The van der Waals surface area contributed by atoms with Crippen molar-refractivity contribution in [3.63, 3.8) is 0 Å². The van der Waals surface area contributed by atoms with Crippen LogP contribution in [-0.2, 0) is 4.79 Å². The normalized spacial score (nSPS) is 14.3. The number of aromatic nitrogens is 1. The molecule has 0 radical (unpaired) electrons. The maximum atomic E-state index is 12.2. The van der Waals surface area contributed by atoms with Crippen molar-refractivity contribution < 1.29 is 4.79 Å². The second kappa shape index (κ2) is 7.16. The first-order valence-electron chi connectivity index (χ1n) is 7.37. The van der Waals surface area contributed by atoms with E-state index in [4.69, 9.17) is 0 Å². The fraction of sp³-hybridized carbons (Fsp3) is 0.294. The van der Waals surface area contributed by atoms with Crippen LogP contribution in [0.15, 0.2) is 34.1 Å². The zero-order valence-electron chi connectivity index (χ0n) is 12.8. The molecule has 0 atom stereocenters. The molecule has 0 aliphatic carbocycles. The van der Waals surface area contributed by atoms with Gasteiger partial charge in [-0.15, -0.1) is 0 Å². The third-order valence-corrected chi connectivity index (χ3v) is 5.72. The highest BCUT2D eigenvalue weighted by molar-refractivity contribution is 9.11. The average molecular weight is 390 g/mol. The molecule has 1 amide bonds. The van der Waals surface area contributed by atoms with Crippen LogP contribution in [0.3, 0.4) is 0 Å². The van der Waals surface area contributed by atoms with E-state index in [1.807, 2.05) is 42.2 Å². The highest BCUT2D eigenvalue weighted by Crippen LogP contribution is 2.30. The Hall–Kier alpha value is -1.84. The van der Waals surface area contributed by atoms with Gasteiger partial charge in [-0.3, -0.25) is 4.79 Å². The molecular weight excluding hydrogens is 374 g/mol. The number of thiazole rings is 1. The predicted octanol–water partition coefficient (Wildman–Crippen LogP) is 2.91. The van der Waals surface area contributed by atoms with Crippen molar-refractivity contribution >= 4 is 38.3 Å². The number of hydrogen-bond donors (Lipinski definition) is 0. The van der Waals surface area contributed by atoms with Crippen LogP contribution in [0.25, 0.3) is 0 Å². The van der Waals surface area contributed by atoms with Gasteiger partial charge >= 0.3 is 0 Å². The number of halogens is 1. The number of rotatable bonds is 1. The SMILES string of the molecule is Cc1nc(N2CCN(C(=O)C#Cc3ccccc3)CC2)sc1Br. The molecule has 0 saturated carbocycles. The molecule has 1 aromatic heterocycles. The largest absolute Gasteiger partial charge is 0.345 e. The summed E-state index contributed by atoms with van der Waals surface area (Å²) in [4.78, 5) is 20.8. The first-order valence-corrected chi connectivity index (χ1v) is 8.98. The number of carbonyl (C=O) groups excluding carboxylic acids is 1. The molecule has 1 saturated heterocycles. The number of amides is 1. The molecule has 4 nitrogen and oxygen atoms in total. The lowest BCUT2D eigenvalue weighted by atomic mass is 10.2. The van der Waals surface area contributed by atoms with Crippen LogP contribution in [0.5, 0.6) is 0 Å². The smallest absolute Gasteiger partial charge is 0.298 e. The molecule has 0 bridgehead atoms. The molecular formula is C17H16BrN3OS. The Morgan fingerprint density at radius 3 is 2.52 bits per heavy atom. The number of hydrogen-bond acceptors (Lipinski definition) is 4. The number of anilines is 1. The second-order valence-electron chi connectivity index (χ2n) is 5.25. The lowest BCUT2D eigenvalue weighted by Crippen LogP contribution is -2.48. The summed E-state index contributed by atoms with van der Waals surface area (Å²) in [5.41, 5.74) is 1.87. The van der Waals surface area contributed by atoms with Crippen molar-refractivity contribution in [3.05, 3.63) is 45.4 Å². The van der Waals surface area contributed by atoms with Crippen molar-refractivity contribution in [2.24, 2.45) is 0 Å². The summed E-state index contributed by atoms with van der Waals surface area (Å²) in [5.74, 6) is 5.55. The third kappa shape index (κ3) is 3.92. The van der Waals surface area contributed by atoms with Crippen molar-refractivity contribution in [2.45, 2.75) is 6.92 Å². The van der Waals surface area contributed by atoms with Gasteiger partial charge in [-0.1, -0.05) is 35.5 Å². The van der Waals surface area contributed by atoms with Gasteiger partial charge in [0.1, 0.15) is 0 Å². The van der Waals surface area contributed by atoms with Gasteiger partial charge < -0.3 is 9.80 Å². The molecule has 2 heterocycles. The minimum Gasteiger partial charge on any atom is -0.345 e. The number of benzene rings is 1. The van der Waals surface area contributed by atoms with Crippen LogP contribution in [0.4, 0.5) is 5.13 Å². The van der Waals surface area contributed by atoms with Gasteiger partial charge in [0.15, 0.2) is 5.13 Å². The molecule has 23 heavy (non-hydrogen) atoms. The fourth-order valence-corrected chi connectivity index (χ4v) is 3.70. The Bertz CT molecular complexity index is 736. The summed E-state index contributed by atoms with van der Waals surface area (Å²) in [5, 5.41) is 1.01. The minimum atomic E-state index is -0.106. The van der Waals surface area contributed by atoms with E-state index in [0.717, 1.165) is 33.3 Å². The lowest BCUT2D eigenvalue weighted by Gasteiger charge is -2.33. The number of aryl methyl sites for hydroxylation is 1. The average Bonchev–Trinajstić information content (AvgIpc) is 2.93. The Morgan fingerprint density at radius 2 is 1.91 bits per heavy atom. The topological polar surface area (TPSA) is 36.4 Å². The van der Waals surface area contributed by atoms with Gasteiger partial charge in [0.05, 0.1) is 9.48 Å². The molecule has 118 valence electrons. The third-order valence-electron chi connectivity index (χ3n) is 3.65. The van der Waals surface area contributed by atoms with Crippen molar-refractivity contribution in [3.8, 4) is 11.8 Å². The molecule has 3 rings (SSSR count). The Kier molecular flexibility index (Phi) is 4.99. The lowest BCUT2D eigenvalue weighted by molar-refractivity contribution is -0.125. The number of nitrogens with zero attached hydrogens (tertiary/aromatic N) is 3. The van der Waals surface area contributed by atoms with Crippen molar-refractivity contribution in [2.75, 3.05) is 31.1 Å². The highest BCUT2D eigenvalue weighted by atomic mass is 79.9. The van der Waals surface area contributed by atoms with Gasteiger partial charge in [0.2, 0.25) is 0 Å². The van der Waals surface area contributed by atoms with Crippen molar-refractivity contribution in [1.29, 1.82) is 0 Å². The van der Waals surface area contributed by atoms with Crippen LogP contribution in [0, 0.1) is 18.8 Å². The van der Waals surface area contributed by atoms with E-state index < -0.39 is 0 Å². The Labute approximate surface area is 148 Å². The first kappa shape index (κ1) is 16.0. The molecule has 6 heteroatoms. The maximum absolute atomic E-state index is 12.2. The minimum absolute atomic E-state index is 0.106. The Balaban J connectivity index is 1.58. The summed E-state index contributed by atoms with van der Waals surface area (Å²) >= 11 is 5.15. The summed E-state index contributed by atoms with van der Waals surface area (Å²) < 4.78 is 1.07. The van der Waals surface area contributed by atoms with E-state index in [1.54, 1.807) is 11.3 Å². The summed E-state index contributed by atoms with van der Waals surface area (Å²) in [7, 11) is 0. The van der Waals surface area contributed by atoms with E-state index in [2.05, 4.69) is 37.7 Å². The molecule has 1 aromatic carbocycles. The van der Waals surface area contributed by atoms with E-state index in [9.17, 15) is 4.79 Å². The predicted molar refractivity (Wildman–Crippen MR) is 96.7 cm³/mol. The molecule has 2 aromatic rings. The fourth-order valence-electron chi connectivity index (χ4n) is 2.33. The van der Waals surface area contributed by atoms with E-state index in [0.29, 0.717) is 13.1 Å². The van der Waals surface area contributed by atoms with Crippen LogP contribution < -0.4 is 4.90 Å². The maximum Gasteiger partial charge on any atom is 0.298 e. The molecule has 1 aliphatic rings. The van der Waals surface area contributed by atoms with Gasteiger partial charge in [-0.2, -0.15) is 0 Å². The van der Waals surface area contributed by atoms with Gasteiger partial charge in [0, 0.05) is 37.7 Å². The second-order valence-corrected chi connectivity index (χ2v) is 7.55. The van der Waals surface area contributed by atoms with Gasteiger partial charge in [0.25, 0.3) is 5.91 Å². The van der Waals surface area contributed by atoms with E-state index >= 15 is 0 Å². The molecule has 0 spiro atoms. The standard InChI is InChI=1S/C17H16BrN3OS/c1-13-16(18)23-17(19-13)21-11-9-20(10-12-21)15(22)8-7-14-5-3-2-4-6-14/h2-6H,9-12H2,1H3. The zero-order valence-corrected chi connectivity index (χ0v) is 15.2. The number of carbonyl (C=O) groups is 1. The molecule has 0 N–H and O–H groups in total. The number of piperazine rings is 1. The molecule has 1 fully saturated rings. The highest BCUT2D eigenvalue weighted by Gasteiger charge is 2.22. The quantitative estimate of drug-likeness (QED) is 0.703. The molecule has 1 aliphatic heterocycles. The first-order chi connectivity index (χ1) is 11.1. The van der Waals surface area contributed by atoms with Crippen LogP contribution in [0.2, 0.25) is 0 Å². The van der Waals surface area contributed by atoms with E-state index in [1.165, 1.54) is 0 Å². The molecule has 0 unspecified atom stereocenters. The summed E-state index contributed by atoms with van der Waals surface area (Å²) in [6.07, 6.45) is 0. The van der Waals surface area contributed by atoms with Crippen molar-refractivity contribution in [1.82, 2.24) is 9.88 Å². The van der Waals surface area contributed by atoms with Crippen LogP contribution >= 0.6 is 27.3 Å². The van der Waals surface area contributed by atoms with Gasteiger partial charge in [-0.05, 0) is 35.0 Å². The monoisotopic (exact) mass is 389 g/mol. The van der Waals surface area contributed by atoms with E-state index in [-0.39, 0.29) is 5.91 Å². The van der Waals surface area contributed by atoms with Crippen LogP contribution in [0.1, 0.15) is 11.3 Å². The van der Waals surface area contributed by atoms with Crippen LogP contribution in [-0.4, -0.2) is 42.0 Å². The summed E-state index contributed by atoms with van der Waals surface area (Å²) in [6.45, 7) is 4.93. The zero-order chi connectivity index (χ0) is 16.2. The summed E-state index contributed by atoms with van der Waals surface area (Å²) in [6, 6.07) is 9.58. The van der Waals surface area contributed by atoms with Gasteiger partial charge in [-0.25, -0.2) is 4.98 Å².